The SMILES string of the molecule is CN(CCC=S=O)c1cc(Nc2c3ccccc3nc3ccccc23)cc(OCCC=S=O)c1. The molecule has 0 bridgehead atoms. The van der Waals surface area contributed by atoms with Crippen molar-refractivity contribution in [3.63, 3.8) is 0 Å². The van der Waals surface area contributed by atoms with Gasteiger partial charge >= 0.3 is 0 Å². The minimum absolute atomic E-state index is 0.420. The standard InChI is InChI=1S/C26H25N3O3S2/c1-29(12-6-14-33-30)20-16-19(17-21(18-20)32-13-7-15-34-31)27-26-22-8-2-4-10-24(22)28-25-11-5-3-9-23(25)26/h2-5,8-11,14-18H,6-7,12-13H2,1H3,(H,27,28). The van der Waals surface area contributed by atoms with Gasteiger partial charge in [-0.05, 0) is 24.6 Å². The third-order valence-electron chi connectivity index (χ3n) is 5.41. The first-order chi connectivity index (χ1) is 16.7. The molecule has 174 valence electrons. The van der Waals surface area contributed by atoms with Gasteiger partial charge < -0.3 is 15.0 Å². The number of fused-ring (bicyclic) bond motifs is 2. The van der Waals surface area contributed by atoms with Crippen LogP contribution in [-0.4, -0.2) is 44.3 Å². The average Bonchev–Trinajstić information content (AvgIpc) is 2.86. The van der Waals surface area contributed by atoms with Crippen LogP contribution in [0.3, 0.4) is 0 Å². The second-order valence-corrected chi connectivity index (χ2v) is 8.79. The molecule has 0 aliphatic rings. The zero-order chi connectivity index (χ0) is 23.8. The number of hydrogen-bond acceptors (Lipinski definition) is 6. The molecule has 0 amide bonds. The van der Waals surface area contributed by atoms with Gasteiger partial charge in [0.05, 0.1) is 45.8 Å². The van der Waals surface area contributed by atoms with E-state index in [0.29, 0.717) is 54.3 Å². The minimum Gasteiger partial charge on any atom is -0.493 e. The normalized spacial score (nSPS) is 10.6. The minimum atomic E-state index is 0.420. The molecule has 1 aromatic heterocycles. The quantitative estimate of drug-likeness (QED) is 0.196. The predicted molar refractivity (Wildman–Crippen MR) is 145 cm³/mol. The van der Waals surface area contributed by atoms with Crippen molar-refractivity contribution in [2.24, 2.45) is 0 Å². The highest BCUT2D eigenvalue weighted by atomic mass is 32.1. The lowest BCUT2D eigenvalue weighted by atomic mass is 10.1. The van der Waals surface area contributed by atoms with Gasteiger partial charge in [-0.25, -0.2) is 13.4 Å². The van der Waals surface area contributed by atoms with Crippen LogP contribution in [0.1, 0.15) is 12.8 Å². The van der Waals surface area contributed by atoms with Crippen LogP contribution in [0.5, 0.6) is 5.75 Å². The summed E-state index contributed by atoms with van der Waals surface area (Å²) in [4.78, 5) is 6.90. The van der Waals surface area contributed by atoms with Crippen LogP contribution >= 0.6 is 0 Å². The molecule has 0 saturated heterocycles. The molecule has 0 aliphatic heterocycles. The first-order valence-corrected chi connectivity index (χ1v) is 12.5. The van der Waals surface area contributed by atoms with Crippen LogP contribution in [0.15, 0.2) is 66.7 Å². The Labute approximate surface area is 205 Å². The number of nitrogens with one attached hydrogen (secondary N) is 1. The predicted octanol–water partition coefficient (Wildman–Crippen LogP) is 4.76. The third kappa shape index (κ3) is 5.70. The molecule has 4 aromatic rings. The van der Waals surface area contributed by atoms with Gasteiger partial charge in [0.2, 0.25) is 0 Å². The summed E-state index contributed by atoms with van der Waals surface area (Å²) >= 11 is 0.940. The van der Waals surface area contributed by atoms with Crippen LogP contribution < -0.4 is 15.0 Å². The topological polar surface area (TPSA) is 71.5 Å². The number of aromatic nitrogens is 1. The van der Waals surface area contributed by atoms with Gasteiger partial charge in [0.1, 0.15) is 5.75 Å². The Balaban J connectivity index is 1.75. The fourth-order valence-electron chi connectivity index (χ4n) is 3.77. The molecule has 1 N–H and O–H groups in total. The van der Waals surface area contributed by atoms with E-state index >= 15 is 0 Å². The van der Waals surface area contributed by atoms with Crippen molar-refractivity contribution in [3.05, 3.63) is 66.7 Å². The smallest absolute Gasteiger partial charge is 0.123 e. The van der Waals surface area contributed by atoms with Crippen LogP contribution in [0, 0.1) is 0 Å². The van der Waals surface area contributed by atoms with Crippen molar-refractivity contribution < 1.29 is 13.2 Å². The van der Waals surface area contributed by atoms with Gasteiger partial charge in [0, 0.05) is 65.0 Å². The second-order valence-electron chi connectivity index (χ2n) is 7.73. The van der Waals surface area contributed by atoms with Gasteiger partial charge in [-0.2, -0.15) is 0 Å². The second kappa shape index (κ2) is 11.6. The zero-order valence-electron chi connectivity index (χ0n) is 18.8. The Morgan fingerprint density at radius 1 is 0.912 bits per heavy atom. The molecule has 0 radical (unpaired) electrons. The van der Waals surface area contributed by atoms with Crippen molar-refractivity contribution in [3.8, 4) is 5.75 Å². The first-order valence-electron chi connectivity index (χ1n) is 10.9. The Morgan fingerprint density at radius 3 is 2.24 bits per heavy atom. The molecule has 3 aromatic carbocycles. The molecule has 0 fully saturated rings. The maximum absolute atomic E-state index is 10.7. The number of anilines is 3. The summed E-state index contributed by atoms with van der Waals surface area (Å²) in [6, 6.07) is 22.2. The van der Waals surface area contributed by atoms with E-state index in [1.165, 1.54) is 0 Å². The fourth-order valence-corrected chi connectivity index (χ4v) is 4.17. The number of pyridine rings is 1. The Morgan fingerprint density at radius 2 is 1.56 bits per heavy atom. The van der Waals surface area contributed by atoms with Crippen molar-refractivity contribution >= 4 is 72.1 Å². The molecule has 1 heterocycles. The molecular formula is C26H25N3O3S2. The Hall–Kier alpha value is -3.49. The number of ether oxygens (including phenoxy) is 1. The van der Waals surface area contributed by atoms with Crippen molar-refractivity contribution in [2.45, 2.75) is 12.8 Å². The number of para-hydroxylation sites is 2. The summed E-state index contributed by atoms with van der Waals surface area (Å²) < 4.78 is 27.3. The van der Waals surface area contributed by atoms with E-state index < -0.39 is 0 Å². The largest absolute Gasteiger partial charge is 0.493 e. The maximum Gasteiger partial charge on any atom is 0.123 e. The van der Waals surface area contributed by atoms with Crippen LogP contribution in [0.25, 0.3) is 21.8 Å². The number of hydrogen-bond donors (Lipinski definition) is 1. The highest BCUT2D eigenvalue weighted by Gasteiger charge is 2.12. The Bertz CT molecular complexity index is 1360. The Kier molecular flexibility index (Phi) is 8.06. The third-order valence-corrected chi connectivity index (χ3v) is 6.16. The van der Waals surface area contributed by atoms with Gasteiger partial charge in [0.15, 0.2) is 0 Å². The lowest BCUT2D eigenvalue weighted by Gasteiger charge is -2.21. The summed E-state index contributed by atoms with van der Waals surface area (Å²) in [6.07, 6.45) is 1.24. The van der Waals surface area contributed by atoms with Crippen molar-refractivity contribution in [1.29, 1.82) is 0 Å². The summed E-state index contributed by atoms with van der Waals surface area (Å²) in [5.74, 6) is 0.709. The van der Waals surface area contributed by atoms with Gasteiger partial charge in [-0.15, -0.1) is 0 Å². The number of rotatable bonds is 10. The molecule has 0 atom stereocenters. The zero-order valence-corrected chi connectivity index (χ0v) is 20.4. The summed E-state index contributed by atoms with van der Waals surface area (Å²) in [7, 11) is 1.99. The molecule has 0 unspecified atom stereocenters. The molecule has 0 spiro atoms. The van der Waals surface area contributed by atoms with Gasteiger partial charge in [-0.3, -0.25) is 0 Å². The maximum atomic E-state index is 10.7. The highest BCUT2D eigenvalue weighted by molar-refractivity contribution is 7.65. The lowest BCUT2D eigenvalue weighted by Crippen LogP contribution is -2.19. The van der Waals surface area contributed by atoms with E-state index in [1.807, 2.05) is 55.6 Å². The first kappa shape index (κ1) is 23.7. The van der Waals surface area contributed by atoms with E-state index in [0.717, 1.165) is 38.9 Å². The van der Waals surface area contributed by atoms with Crippen molar-refractivity contribution in [1.82, 2.24) is 4.98 Å². The van der Waals surface area contributed by atoms with Crippen LogP contribution in [0.4, 0.5) is 17.1 Å². The summed E-state index contributed by atoms with van der Waals surface area (Å²) in [5, 5.41) is 8.93. The van der Waals surface area contributed by atoms with E-state index in [1.54, 1.807) is 10.7 Å². The van der Waals surface area contributed by atoms with E-state index in [9.17, 15) is 8.42 Å². The summed E-state index contributed by atoms with van der Waals surface area (Å²) in [5.41, 5.74) is 4.67. The molecule has 6 nitrogen and oxygen atoms in total. The van der Waals surface area contributed by atoms with Gasteiger partial charge in [-0.1, -0.05) is 36.4 Å². The van der Waals surface area contributed by atoms with Gasteiger partial charge in [0.25, 0.3) is 0 Å². The molecule has 8 heteroatoms. The van der Waals surface area contributed by atoms with Crippen molar-refractivity contribution in [2.75, 3.05) is 30.4 Å². The molecule has 34 heavy (non-hydrogen) atoms. The molecule has 0 saturated carbocycles. The average molecular weight is 492 g/mol. The molecular weight excluding hydrogens is 466 g/mol. The van der Waals surface area contributed by atoms with Crippen LogP contribution in [-0.2, 0) is 22.5 Å². The highest BCUT2D eigenvalue weighted by Crippen LogP contribution is 2.35. The molecule has 0 aliphatic carbocycles. The van der Waals surface area contributed by atoms with Crippen LogP contribution in [0.2, 0.25) is 0 Å². The summed E-state index contributed by atoms with van der Waals surface area (Å²) in [6.45, 7) is 1.13. The van der Waals surface area contributed by atoms with E-state index in [2.05, 4.69) is 28.4 Å². The monoisotopic (exact) mass is 491 g/mol. The number of benzene rings is 3. The lowest BCUT2D eigenvalue weighted by molar-refractivity contribution is 0.331. The molecule has 4 rings (SSSR count). The van der Waals surface area contributed by atoms with E-state index in [4.69, 9.17) is 9.72 Å². The number of nitrogens with zero attached hydrogens (tertiary/aromatic N) is 2. The van der Waals surface area contributed by atoms with E-state index in [-0.39, 0.29) is 0 Å². The fraction of sp³-hybridized carbons (Fsp3) is 0.192.